The molecule has 10 heteroatoms. The molecular weight excluding hydrogens is 302 g/mol. The van der Waals surface area contributed by atoms with E-state index in [9.17, 15) is 23.7 Å². The largest absolute Gasteiger partial charge is 0.388 e. The van der Waals surface area contributed by atoms with Gasteiger partial charge in [0.25, 0.3) is 10.0 Å². The first-order chi connectivity index (χ1) is 9.72. The highest BCUT2D eigenvalue weighted by Crippen LogP contribution is 2.20. The minimum Gasteiger partial charge on any atom is -0.388 e. The number of hydrogen-bond donors (Lipinski definition) is 4. The first-order valence-corrected chi connectivity index (χ1v) is 7.89. The summed E-state index contributed by atoms with van der Waals surface area (Å²) >= 11 is 0. The number of sulfonamides is 1. The summed E-state index contributed by atoms with van der Waals surface area (Å²) in [6.45, 7) is 1.29. The van der Waals surface area contributed by atoms with Gasteiger partial charge in [0.15, 0.2) is 5.03 Å². The third-order valence-electron chi connectivity index (χ3n) is 3.39. The van der Waals surface area contributed by atoms with Crippen molar-refractivity contribution in [3.8, 4) is 0 Å². The molecule has 3 unspecified atom stereocenters. The van der Waals surface area contributed by atoms with Crippen LogP contribution in [-0.4, -0.2) is 70.6 Å². The SMILES string of the molecule is CC1O[C@H](CNS(=O)(=O)c2ccn(C)n2)C(O)C(O)[C@@H]1O. The number of aliphatic hydroxyl groups is 3. The molecule has 2 heterocycles. The molecular formula is C11H19N3O6S. The van der Waals surface area contributed by atoms with E-state index < -0.39 is 40.5 Å². The molecule has 0 bridgehead atoms. The molecule has 5 atom stereocenters. The molecule has 1 saturated heterocycles. The van der Waals surface area contributed by atoms with E-state index in [2.05, 4.69) is 9.82 Å². The van der Waals surface area contributed by atoms with Crippen LogP contribution in [0.4, 0.5) is 0 Å². The summed E-state index contributed by atoms with van der Waals surface area (Å²) in [5.74, 6) is 0. The number of aromatic nitrogens is 2. The van der Waals surface area contributed by atoms with Gasteiger partial charge in [0.05, 0.1) is 6.10 Å². The van der Waals surface area contributed by atoms with Crippen molar-refractivity contribution < 1.29 is 28.5 Å². The molecule has 0 amide bonds. The number of nitrogens with zero attached hydrogens (tertiary/aromatic N) is 2. The fraction of sp³-hybridized carbons (Fsp3) is 0.727. The van der Waals surface area contributed by atoms with Gasteiger partial charge >= 0.3 is 0 Å². The monoisotopic (exact) mass is 321 g/mol. The Morgan fingerprint density at radius 2 is 2.00 bits per heavy atom. The lowest BCUT2D eigenvalue weighted by Crippen LogP contribution is -2.59. The van der Waals surface area contributed by atoms with Gasteiger partial charge in [-0.2, -0.15) is 5.10 Å². The molecule has 120 valence electrons. The highest BCUT2D eigenvalue weighted by Gasteiger charge is 2.41. The number of hydrogen-bond acceptors (Lipinski definition) is 7. The Bertz CT molecular complexity index is 589. The van der Waals surface area contributed by atoms with E-state index in [-0.39, 0.29) is 11.6 Å². The second-order valence-corrected chi connectivity index (χ2v) is 6.74. The van der Waals surface area contributed by atoms with Crippen molar-refractivity contribution in [3.63, 3.8) is 0 Å². The normalized spacial score (nSPS) is 34.0. The van der Waals surface area contributed by atoms with Crippen LogP contribution < -0.4 is 4.72 Å². The van der Waals surface area contributed by atoms with Crippen molar-refractivity contribution in [2.24, 2.45) is 7.05 Å². The van der Waals surface area contributed by atoms with Gasteiger partial charge in [0.2, 0.25) is 0 Å². The smallest absolute Gasteiger partial charge is 0.259 e. The van der Waals surface area contributed by atoms with Gasteiger partial charge in [0.1, 0.15) is 24.4 Å². The summed E-state index contributed by atoms with van der Waals surface area (Å²) in [5.41, 5.74) is 0. The number of aliphatic hydroxyl groups excluding tert-OH is 3. The van der Waals surface area contributed by atoms with Gasteiger partial charge in [-0.25, -0.2) is 13.1 Å². The third kappa shape index (κ3) is 3.42. The van der Waals surface area contributed by atoms with Crippen molar-refractivity contribution in [2.75, 3.05) is 6.54 Å². The zero-order valence-electron chi connectivity index (χ0n) is 11.6. The summed E-state index contributed by atoms with van der Waals surface area (Å²) in [4.78, 5) is 0. The summed E-state index contributed by atoms with van der Waals surface area (Å²) < 4.78 is 32.9. The highest BCUT2D eigenvalue weighted by atomic mass is 32.2. The van der Waals surface area contributed by atoms with E-state index in [0.717, 1.165) is 0 Å². The number of ether oxygens (including phenoxy) is 1. The Balaban J connectivity index is 2.02. The topological polar surface area (TPSA) is 134 Å². The Hall–Kier alpha value is -1.04. The highest BCUT2D eigenvalue weighted by molar-refractivity contribution is 7.89. The fourth-order valence-corrected chi connectivity index (χ4v) is 3.12. The Morgan fingerprint density at radius 3 is 2.57 bits per heavy atom. The zero-order chi connectivity index (χ0) is 15.8. The van der Waals surface area contributed by atoms with Crippen molar-refractivity contribution in [1.82, 2.24) is 14.5 Å². The van der Waals surface area contributed by atoms with Gasteiger partial charge in [-0.1, -0.05) is 0 Å². The number of rotatable bonds is 4. The standard InChI is InChI=1S/C11H19N3O6S/c1-6-9(15)11(17)10(16)7(20-6)5-12-21(18,19)8-3-4-14(2)13-8/h3-4,6-7,9-12,15-17H,5H2,1-2H3/t6?,7-,9-,10?,11?/m1/s1. The van der Waals surface area contributed by atoms with Crippen LogP contribution in [0.2, 0.25) is 0 Å². The lowest BCUT2D eigenvalue weighted by Gasteiger charge is -2.39. The van der Waals surface area contributed by atoms with E-state index in [0.29, 0.717) is 0 Å². The maximum atomic E-state index is 12.0. The fourth-order valence-electron chi connectivity index (χ4n) is 2.11. The molecule has 1 fully saturated rings. The third-order valence-corrected chi connectivity index (χ3v) is 4.71. The van der Waals surface area contributed by atoms with Gasteiger partial charge in [0, 0.05) is 19.8 Å². The molecule has 1 aliphatic rings. The van der Waals surface area contributed by atoms with Crippen LogP contribution in [-0.2, 0) is 21.8 Å². The molecule has 0 radical (unpaired) electrons. The maximum Gasteiger partial charge on any atom is 0.259 e. The number of aryl methyl sites for hydroxylation is 1. The zero-order valence-corrected chi connectivity index (χ0v) is 12.4. The van der Waals surface area contributed by atoms with Crippen LogP contribution in [0.15, 0.2) is 17.3 Å². The second kappa shape index (κ2) is 5.99. The lowest BCUT2D eigenvalue weighted by atomic mass is 9.96. The molecule has 0 spiro atoms. The van der Waals surface area contributed by atoms with Crippen molar-refractivity contribution in [1.29, 1.82) is 0 Å². The molecule has 4 N–H and O–H groups in total. The molecule has 9 nitrogen and oxygen atoms in total. The van der Waals surface area contributed by atoms with Gasteiger partial charge in [-0.15, -0.1) is 0 Å². The van der Waals surface area contributed by atoms with Crippen LogP contribution in [0, 0.1) is 0 Å². The van der Waals surface area contributed by atoms with E-state index in [1.807, 2.05) is 0 Å². The molecule has 0 saturated carbocycles. The predicted octanol–water partition coefficient (Wildman–Crippen LogP) is -2.43. The van der Waals surface area contributed by atoms with Gasteiger partial charge in [-0.05, 0) is 13.0 Å². The van der Waals surface area contributed by atoms with Crippen LogP contribution >= 0.6 is 0 Å². The van der Waals surface area contributed by atoms with Gasteiger partial charge < -0.3 is 20.1 Å². The summed E-state index contributed by atoms with van der Waals surface area (Å²) in [6, 6.07) is 1.34. The van der Waals surface area contributed by atoms with E-state index in [1.54, 1.807) is 7.05 Å². The summed E-state index contributed by atoms with van der Waals surface area (Å²) in [7, 11) is -2.24. The van der Waals surface area contributed by atoms with Crippen LogP contribution in [0.25, 0.3) is 0 Å². The van der Waals surface area contributed by atoms with E-state index >= 15 is 0 Å². The molecule has 0 aromatic carbocycles. The molecule has 21 heavy (non-hydrogen) atoms. The van der Waals surface area contributed by atoms with Crippen molar-refractivity contribution >= 4 is 10.0 Å². The molecule has 2 rings (SSSR count). The van der Waals surface area contributed by atoms with Crippen molar-refractivity contribution in [3.05, 3.63) is 12.3 Å². The van der Waals surface area contributed by atoms with Crippen LogP contribution in [0.3, 0.4) is 0 Å². The van der Waals surface area contributed by atoms with E-state index in [1.165, 1.54) is 23.9 Å². The van der Waals surface area contributed by atoms with Crippen LogP contribution in [0.1, 0.15) is 6.92 Å². The molecule has 1 aliphatic heterocycles. The van der Waals surface area contributed by atoms with Crippen molar-refractivity contribution in [2.45, 2.75) is 42.5 Å². The van der Waals surface area contributed by atoms with Crippen LogP contribution in [0.5, 0.6) is 0 Å². The van der Waals surface area contributed by atoms with Gasteiger partial charge in [-0.3, -0.25) is 4.68 Å². The second-order valence-electron chi connectivity index (χ2n) is 5.03. The summed E-state index contributed by atoms with van der Waals surface area (Å²) in [5, 5.41) is 32.7. The minimum absolute atomic E-state index is 0.149. The molecule has 1 aromatic heterocycles. The maximum absolute atomic E-state index is 12.0. The predicted molar refractivity (Wildman–Crippen MR) is 70.8 cm³/mol. The average Bonchev–Trinajstić information content (AvgIpc) is 2.86. The Kier molecular flexibility index (Phi) is 4.66. The first kappa shape index (κ1) is 16.3. The van der Waals surface area contributed by atoms with E-state index in [4.69, 9.17) is 4.74 Å². The number of nitrogens with one attached hydrogen (secondary N) is 1. The Morgan fingerprint density at radius 1 is 1.33 bits per heavy atom. The summed E-state index contributed by atoms with van der Waals surface area (Å²) in [6.07, 6.45) is -4.18. The Labute approximate surface area is 122 Å². The molecule has 0 aliphatic carbocycles. The minimum atomic E-state index is -3.83. The first-order valence-electron chi connectivity index (χ1n) is 6.41. The lowest BCUT2D eigenvalue weighted by molar-refractivity contribution is -0.214. The molecule has 1 aromatic rings. The quantitative estimate of drug-likeness (QED) is 0.484. The average molecular weight is 321 g/mol.